The van der Waals surface area contributed by atoms with E-state index in [1.54, 1.807) is 42.5 Å². The van der Waals surface area contributed by atoms with Crippen LogP contribution in [-0.4, -0.2) is 32.8 Å². The fraction of sp³-hybridized carbons (Fsp3) is 0.263. The van der Waals surface area contributed by atoms with E-state index in [0.717, 1.165) is 24.2 Å². The van der Waals surface area contributed by atoms with Gasteiger partial charge in [0.05, 0.1) is 11.4 Å². The van der Waals surface area contributed by atoms with Crippen molar-refractivity contribution >= 4 is 23.0 Å². The third-order valence-corrected chi connectivity index (χ3v) is 5.42. The molecule has 3 aromatic rings. The normalized spacial score (nSPS) is 14.0. The summed E-state index contributed by atoms with van der Waals surface area (Å²) in [5.41, 5.74) is 0.321. The van der Waals surface area contributed by atoms with Crippen molar-refractivity contribution in [2.24, 2.45) is 0 Å². The lowest BCUT2D eigenvalue weighted by Crippen LogP contribution is -2.37. The average molecular weight is 421 g/mol. The molecule has 1 amide bonds. The molecule has 4 rings (SSSR count). The maximum absolute atomic E-state index is 12.7. The number of carbonyl (C=O) groups is 2. The summed E-state index contributed by atoms with van der Waals surface area (Å²) in [6.45, 7) is 0.191. The molecule has 0 radical (unpaired) electrons. The molecule has 150 valence electrons. The fourth-order valence-electron chi connectivity index (χ4n) is 2.79. The fourth-order valence-corrected chi connectivity index (χ4v) is 3.72. The van der Waals surface area contributed by atoms with Crippen LogP contribution in [0.2, 0.25) is 0 Å². The topological polar surface area (TPSA) is 76.3 Å². The Bertz CT molecular complexity index is 1040. The number of halogens is 3. The monoisotopic (exact) mass is 421 g/mol. The first kappa shape index (κ1) is 19.3. The van der Waals surface area contributed by atoms with Crippen LogP contribution in [0.5, 0.6) is 0 Å². The lowest BCUT2D eigenvalue weighted by Gasteiger charge is -2.20. The van der Waals surface area contributed by atoms with Crippen LogP contribution in [0.25, 0.3) is 10.7 Å². The predicted octanol–water partition coefficient (Wildman–Crippen LogP) is 4.19. The molecule has 0 spiro atoms. The molecule has 1 aromatic carbocycles. The summed E-state index contributed by atoms with van der Waals surface area (Å²) in [7, 11) is 0. The van der Waals surface area contributed by atoms with Gasteiger partial charge in [-0.1, -0.05) is 35.5 Å². The molecule has 0 bridgehead atoms. The number of alkyl halides is 3. The molecule has 1 aliphatic carbocycles. The maximum Gasteiger partial charge on any atom is 0.471 e. The molecular weight excluding hydrogens is 407 g/mol. The number of hydrogen-bond donors (Lipinski definition) is 0. The van der Waals surface area contributed by atoms with Gasteiger partial charge in [-0.2, -0.15) is 18.2 Å². The van der Waals surface area contributed by atoms with E-state index in [2.05, 4.69) is 14.7 Å². The minimum atomic E-state index is -4.71. The summed E-state index contributed by atoms with van der Waals surface area (Å²) in [6.07, 6.45) is -3.09. The van der Waals surface area contributed by atoms with E-state index in [1.807, 2.05) is 0 Å². The second-order valence-corrected chi connectivity index (χ2v) is 7.71. The van der Waals surface area contributed by atoms with Crippen LogP contribution in [0.4, 0.5) is 13.2 Å². The van der Waals surface area contributed by atoms with Crippen molar-refractivity contribution in [3.8, 4) is 10.7 Å². The molecule has 0 atom stereocenters. The van der Waals surface area contributed by atoms with E-state index in [1.165, 1.54) is 4.90 Å². The van der Waals surface area contributed by atoms with Crippen LogP contribution in [0.1, 0.15) is 34.0 Å². The molecule has 2 heterocycles. The Labute approximate surface area is 166 Å². The first-order chi connectivity index (χ1) is 13.8. The number of benzene rings is 1. The van der Waals surface area contributed by atoms with Crippen molar-refractivity contribution in [2.75, 3.05) is 0 Å². The summed E-state index contributed by atoms with van der Waals surface area (Å²) in [6, 6.07) is 11.5. The molecule has 6 nitrogen and oxygen atoms in total. The number of amides is 1. The second-order valence-electron chi connectivity index (χ2n) is 6.55. The minimum absolute atomic E-state index is 0.0114. The van der Waals surface area contributed by atoms with Crippen LogP contribution >= 0.6 is 11.3 Å². The van der Waals surface area contributed by atoms with Gasteiger partial charge in [0.2, 0.25) is 11.6 Å². The van der Waals surface area contributed by atoms with Crippen LogP contribution in [0.3, 0.4) is 0 Å². The molecule has 1 aliphatic rings. The predicted molar refractivity (Wildman–Crippen MR) is 97.0 cm³/mol. The van der Waals surface area contributed by atoms with Crippen molar-refractivity contribution in [1.29, 1.82) is 0 Å². The Morgan fingerprint density at radius 3 is 2.48 bits per heavy atom. The Morgan fingerprint density at radius 2 is 1.86 bits per heavy atom. The van der Waals surface area contributed by atoms with Gasteiger partial charge in [0, 0.05) is 16.5 Å². The number of Topliss-reactive ketones (excluding diaryl/α,β-unsaturated/α-hetero) is 1. The highest BCUT2D eigenvalue weighted by Gasteiger charge is 2.39. The molecule has 10 heteroatoms. The zero-order valence-corrected chi connectivity index (χ0v) is 15.7. The third-order valence-electron chi connectivity index (χ3n) is 4.36. The first-order valence-electron chi connectivity index (χ1n) is 8.73. The van der Waals surface area contributed by atoms with Gasteiger partial charge in [0.15, 0.2) is 0 Å². The molecule has 2 aromatic heterocycles. The zero-order valence-electron chi connectivity index (χ0n) is 14.8. The Hall–Kier alpha value is -3.01. The van der Waals surface area contributed by atoms with Crippen molar-refractivity contribution in [1.82, 2.24) is 15.0 Å². The number of hydrogen-bond acceptors (Lipinski definition) is 6. The van der Waals surface area contributed by atoms with Crippen LogP contribution in [0, 0.1) is 0 Å². The SMILES string of the molecule is O=C(C(=O)N(Cc1ccc(-c2noc(C(F)(F)F)n2)s1)C1CC1)c1ccccc1. The van der Waals surface area contributed by atoms with Crippen LogP contribution in [0.15, 0.2) is 47.0 Å². The second kappa shape index (κ2) is 7.43. The van der Waals surface area contributed by atoms with E-state index in [9.17, 15) is 22.8 Å². The lowest BCUT2D eigenvalue weighted by atomic mass is 10.1. The highest BCUT2D eigenvalue weighted by molar-refractivity contribution is 7.15. The van der Waals surface area contributed by atoms with Crippen molar-refractivity contribution in [2.45, 2.75) is 31.6 Å². The Kier molecular flexibility index (Phi) is 4.95. The highest BCUT2D eigenvalue weighted by atomic mass is 32.1. The van der Waals surface area contributed by atoms with E-state index in [4.69, 9.17) is 0 Å². The maximum atomic E-state index is 12.7. The van der Waals surface area contributed by atoms with Gasteiger partial charge in [-0.15, -0.1) is 11.3 Å². The molecule has 0 saturated heterocycles. The van der Waals surface area contributed by atoms with Gasteiger partial charge < -0.3 is 9.42 Å². The zero-order chi connectivity index (χ0) is 20.6. The van der Waals surface area contributed by atoms with Gasteiger partial charge >= 0.3 is 12.1 Å². The highest BCUT2D eigenvalue weighted by Crippen LogP contribution is 2.34. The average Bonchev–Trinajstić information content (AvgIpc) is 3.22. The van der Waals surface area contributed by atoms with Crippen molar-refractivity contribution < 1.29 is 27.3 Å². The van der Waals surface area contributed by atoms with E-state index in [-0.39, 0.29) is 18.4 Å². The number of ketones is 1. The van der Waals surface area contributed by atoms with E-state index >= 15 is 0 Å². The molecule has 1 fully saturated rings. The van der Waals surface area contributed by atoms with Crippen molar-refractivity contribution in [3.05, 3.63) is 58.8 Å². The molecule has 1 saturated carbocycles. The van der Waals surface area contributed by atoms with Crippen LogP contribution < -0.4 is 0 Å². The van der Waals surface area contributed by atoms with E-state index < -0.39 is 23.8 Å². The minimum Gasteiger partial charge on any atom is -0.329 e. The summed E-state index contributed by atoms with van der Waals surface area (Å²) in [5, 5.41) is 3.37. The standard InChI is InChI=1S/C19H14F3N3O3S/c20-19(21,22)18-23-16(24-28-18)14-9-8-13(29-14)10-25(12-6-7-12)17(27)15(26)11-4-2-1-3-5-11/h1-5,8-9,12H,6-7,10H2. The summed E-state index contributed by atoms with van der Waals surface area (Å²) in [5.74, 6) is -2.75. The van der Waals surface area contributed by atoms with Gasteiger partial charge in [-0.25, -0.2) is 0 Å². The molecular formula is C19H14F3N3O3S. The smallest absolute Gasteiger partial charge is 0.329 e. The molecule has 0 unspecified atom stereocenters. The van der Waals surface area contributed by atoms with Crippen LogP contribution in [-0.2, 0) is 17.5 Å². The summed E-state index contributed by atoms with van der Waals surface area (Å²) < 4.78 is 42.1. The molecule has 29 heavy (non-hydrogen) atoms. The quantitative estimate of drug-likeness (QED) is 0.441. The summed E-state index contributed by atoms with van der Waals surface area (Å²) >= 11 is 1.15. The number of rotatable bonds is 6. The van der Waals surface area contributed by atoms with Crippen molar-refractivity contribution in [3.63, 3.8) is 0 Å². The molecule has 0 N–H and O–H groups in total. The summed E-state index contributed by atoms with van der Waals surface area (Å²) in [4.78, 5) is 31.2. The Balaban J connectivity index is 1.51. The van der Waals surface area contributed by atoms with E-state index in [0.29, 0.717) is 15.3 Å². The Morgan fingerprint density at radius 1 is 1.14 bits per heavy atom. The number of thiophene rings is 1. The first-order valence-corrected chi connectivity index (χ1v) is 9.55. The third kappa shape index (κ3) is 4.21. The van der Waals surface area contributed by atoms with Gasteiger partial charge in [0.25, 0.3) is 5.91 Å². The lowest BCUT2D eigenvalue weighted by molar-refractivity contribution is -0.159. The van der Waals surface area contributed by atoms with Gasteiger partial charge in [-0.05, 0) is 25.0 Å². The number of aromatic nitrogens is 2. The van der Waals surface area contributed by atoms with Gasteiger partial charge in [0.1, 0.15) is 0 Å². The molecule has 0 aliphatic heterocycles. The number of carbonyl (C=O) groups excluding carboxylic acids is 2. The van der Waals surface area contributed by atoms with Gasteiger partial charge in [-0.3, -0.25) is 9.59 Å². The number of nitrogens with zero attached hydrogens (tertiary/aromatic N) is 3. The largest absolute Gasteiger partial charge is 0.471 e.